The van der Waals surface area contributed by atoms with Crippen LogP contribution in [-0.4, -0.2) is 24.2 Å². The van der Waals surface area contributed by atoms with Gasteiger partial charge in [0.25, 0.3) is 5.91 Å². The van der Waals surface area contributed by atoms with E-state index in [2.05, 4.69) is 5.32 Å². The molecule has 98 valence electrons. The van der Waals surface area contributed by atoms with E-state index in [1.807, 2.05) is 0 Å². The average Bonchev–Trinajstić information content (AvgIpc) is 2.86. The average molecular weight is 251 g/mol. The van der Waals surface area contributed by atoms with Gasteiger partial charge >= 0.3 is 0 Å². The summed E-state index contributed by atoms with van der Waals surface area (Å²) in [4.78, 5) is 11.9. The van der Waals surface area contributed by atoms with Crippen LogP contribution in [0.25, 0.3) is 0 Å². The number of aliphatic hydroxyl groups is 1. The fourth-order valence-electron chi connectivity index (χ4n) is 2.49. The van der Waals surface area contributed by atoms with Crippen molar-refractivity contribution in [1.29, 1.82) is 0 Å². The van der Waals surface area contributed by atoms with Crippen molar-refractivity contribution in [3.05, 3.63) is 35.6 Å². The smallest absolute Gasteiger partial charge is 0.251 e. The summed E-state index contributed by atoms with van der Waals surface area (Å²) in [6, 6.07) is 5.47. The maximum Gasteiger partial charge on any atom is 0.251 e. The lowest BCUT2D eigenvalue weighted by Gasteiger charge is -2.26. The monoisotopic (exact) mass is 251 g/mol. The highest BCUT2D eigenvalue weighted by molar-refractivity contribution is 5.94. The maximum atomic E-state index is 12.7. The number of aliphatic hydroxyl groups excluding tert-OH is 1. The lowest BCUT2D eigenvalue weighted by molar-refractivity contribution is 0.0880. The lowest BCUT2D eigenvalue weighted by atomic mass is 9.87. The Bertz CT molecular complexity index is 410. The van der Waals surface area contributed by atoms with Gasteiger partial charge in [0.15, 0.2) is 0 Å². The number of nitrogens with one attached hydrogen (secondary N) is 1. The third kappa shape index (κ3) is 2.88. The van der Waals surface area contributed by atoms with E-state index in [4.69, 9.17) is 0 Å². The van der Waals surface area contributed by atoms with Crippen LogP contribution in [0.5, 0.6) is 0 Å². The number of hydrogen-bond acceptors (Lipinski definition) is 2. The van der Waals surface area contributed by atoms with Crippen molar-refractivity contribution >= 4 is 5.91 Å². The molecule has 0 unspecified atom stereocenters. The summed E-state index contributed by atoms with van der Waals surface area (Å²) >= 11 is 0. The molecule has 2 N–H and O–H groups in total. The first-order chi connectivity index (χ1) is 8.65. The van der Waals surface area contributed by atoms with E-state index in [1.165, 1.54) is 24.3 Å². The van der Waals surface area contributed by atoms with Crippen molar-refractivity contribution in [1.82, 2.24) is 5.32 Å². The Kier molecular flexibility index (Phi) is 3.97. The Hall–Kier alpha value is -1.42. The molecular weight excluding hydrogens is 233 g/mol. The molecule has 0 heterocycles. The Morgan fingerprint density at radius 3 is 2.44 bits per heavy atom. The molecule has 1 fully saturated rings. The summed E-state index contributed by atoms with van der Waals surface area (Å²) < 4.78 is 12.7. The molecule has 0 radical (unpaired) electrons. The SMILES string of the molecule is O=C(NCC1(CO)CCCC1)c1ccc(F)cc1. The van der Waals surface area contributed by atoms with Gasteiger partial charge < -0.3 is 10.4 Å². The molecule has 0 aromatic heterocycles. The van der Waals surface area contributed by atoms with E-state index < -0.39 is 0 Å². The van der Waals surface area contributed by atoms with Crippen LogP contribution >= 0.6 is 0 Å². The van der Waals surface area contributed by atoms with Crippen LogP contribution in [-0.2, 0) is 0 Å². The lowest BCUT2D eigenvalue weighted by Crippen LogP contribution is -2.38. The van der Waals surface area contributed by atoms with E-state index in [0.717, 1.165) is 25.7 Å². The highest BCUT2D eigenvalue weighted by Gasteiger charge is 2.33. The second-order valence-electron chi connectivity index (χ2n) is 5.05. The molecule has 1 aliphatic rings. The van der Waals surface area contributed by atoms with E-state index in [-0.39, 0.29) is 23.7 Å². The fourth-order valence-corrected chi connectivity index (χ4v) is 2.49. The van der Waals surface area contributed by atoms with Gasteiger partial charge in [0.2, 0.25) is 0 Å². The first-order valence-corrected chi connectivity index (χ1v) is 6.30. The number of benzene rings is 1. The maximum absolute atomic E-state index is 12.7. The van der Waals surface area contributed by atoms with Crippen molar-refractivity contribution < 1.29 is 14.3 Å². The summed E-state index contributed by atoms with van der Waals surface area (Å²) in [6.07, 6.45) is 4.11. The highest BCUT2D eigenvalue weighted by Crippen LogP contribution is 2.36. The highest BCUT2D eigenvalue weighted by atomic mass is 19.1. The van der Waals surface area contributed by atoms with E-state index in [1.54, 1.807) is 0 Å². The largest absolute Gasteiger partial charge is 0.396 e. The van der Waals surface area contributed by atoms with Crippen molar-refractivity contribution in [3.8, 4) is 0 Å². The van der Waals surface area contributed by atoms with Gasteiger partial charge in [0.1, 0.15) is 5.82 Å². The van der Waals surface area contributed by atoms with Crippen LogP contribution in [0, 0.1) is 11.2 Å². The van der Waals surface area contributed by atoms with Crippen LogP contribution < -0.4 is 5.32 Å². The molecule has 4 heteroatoms. The molecule has 2 rings (SSSR count). The third-order valence-electron chi connectivity index (χ3n) is 3.73. The Morgan fingerprint density at radius 1 is 1.28 bits per heavy atom. The molecule has 18 heavy (non-hydrogen) atoms. The van der Waals surface area contributed by atoms with Gasteiger partial charge in [-0.05, 0) is 37.1 Å². The second-order valence-corrected chi connectivity index (χ2v) is 5.05. The first-order valence-electron chi connectivity index (χ1n) is 6.30. The number of amides is 1. The summed E-state index contributed by atoms with van der Waals surface area (Å²) in [5, 5.41) is 12.3. The summed E-state index contributed by atoms with van der Waals surface area (Å²) in [5.74, 6) is -0.566. The van der Waals surface area contributed by atoms with Crippen LogP contribution in [0.3, 0.4) is 0 Å². The van der Waals surface area contributed by atoms with Crippen LogP contribution in [0.15, 0.2) is 24.3 Å². The Labute approximate surface area is 106 Å². The molecule has 0 spiro atoms. The van der Waals surface area contributed by atoms with Gasteiger partial charge in [-0.1, -0.05) is 12.8 Å². The van der Waals surface area contributed by atoms with E-state index >= 15 is 0 Å². The van der Waals surface area contributed by atoms with Gasteiger partial charge in [-0.25, -0.2) is 4.39 Å². The number of carbonyl (C=O) groups is 1. The van der Waals surface area contributed by atoms with Crippen molar-refractivity contribution in [2.45, 2.75) is 25.7 Å². The minimum Gasteiger partial charge on any atom is -0.396 e. The van der Waals surface area contributed by atoms with Crippen LogP contribution in [0.2, 0.25) is 0 Å². The van der Waals surface area contributed by atoms with Crippen molar-refractivity contribution in [2.24, 2.45) is 5.41 Å². The standard InChI is InChI=1S/C14H18FNO2/c15-12-5-3-11(4-6-12)13(18)16-9-14(10-17)7-1-2-8-14/h3-6,17H,1-2,7-10H2,(H,16,18). The fraction of sp³-hybridized carbons (Fsp3) is 0.500. The minimum absolute atomic E-state index is 0.108. The summed E-state index contributed by atoms with van der Waals surface area (Å²) in [7, 11) is 0. The van der Waals surface area contributed by atoms with Gasteiger partial charge in [-0.15, -0.1) is 0 Å². The molecule has 1 aromatic rings. The summed E-state index contributed by atoms with van der Waals surface area (Å²) in [6.45, 7) is 0.594. The molecule has 3 nitrogen and oxygen atoms in total. The molecule has 0 saturated heterocycles. The van der Waals surface area contributed by atoms with E-state index in [0.29, 0.717) is 12.1 Å². The number of carbonyl (C=O) groups excluding carboxylic acids is 1. The van der Waals surface area contributed by atoms with Gasteiger partial charge in [0.05, 0.1) is 6.61 Å². The number of halogens is 1. The molecule has 1 amide bonds. The zero-order chi connectivity index (χ0) is 13.0. The molecule has 0 atom stereocenters. The molecule has 1 aromatic carbocycles. The number of rotatable bonds is 4. The molecular formula is C14H18FNO2. The predicted molar refractivity (Wildman–Crippen MR) is 66.7 cm³/mol. The normalized spacial score (nSPS) is 17.7. The van der Waals surface area contributed by atoms with Crippen LogP contribution in [0.4, 0.5) is 4.39 Å². The Balaban J connectivity index is 1.93. The van der Waals surface area contributed by atoms with Gasteiger partial charge in [0, 0.05) is 17.5 Å². The quantitative estimate of drug-likeness (QED) is 0.861. The molecule has 1 saturated carbocycles. The van der Waals surface area contributed by atoms with Gasteiger partial charge in [-0.2, -0.15) is 0 Å². The zero-order valence-corrected chi connectivity index (χ0v) is 10.3. The number of hydrogen-bond donors (Lipinski definition) is 2. The minimum atomic E-state index is -0.353. The van der Waals surface area contributed by atoms with Crippen molar-refractivity contribution in [2.75, 3.05) is 13.2 Å². The first kappa shape index (κ1) is 13.0. The van der Waals surface area contributed by atoms with Gasteiger partial charge in [-0.3, -0.25) is 4.79 Å². The molecule has 0 aliphatic heterocycles. The van der Waals surface area contributed by atoms with E-state index in [9.17, 15) is 14.3 Å². The molecule has 0 bridgehead atoms. The third-order valence-corrected chi connectivity index (χ3v) is 3.73. The Morgan fingerprint density at radius 2 is 1.89 bits per heavy atom. The molecule has 1 aliphatic carbocycles. The topological polar surface area (TPSA) is 49.3 Å². The second kappa shape index (κ2) is 5.48. The van der Waals surface area contributed by atoms with Crippen LogP contribution in [0.1, 0.15) is 36.0 Å². The predicted octanol–water partition coefficient (Wildman–Crippen LogP) is 2.11. The summed E-state index contributed by atoms with van der Waals surface area (Å²) in [5.41, 5.74) is 0.290. The zero-order valence-electron chi connectivity index (χ0n) is 10.3. The van der Waals surface area contributed by atoms with Crippen molar-refractivity contribution in [3.63, 3.8) is 0 Å².